The molecule has 0 spiro atoms. The van der Waals surface area contributed by atoms with Gasteiger partial charge in [-0.15, -0.1) is 0 Å². The molecule has 70 valence electrons. The highest BCUT2D eigenvalue weighted by Gasteiger charge is 1.91. The van der Waals surface area contributed by atoms with Crippen molar-refractivity contribution >= 4 is 0 Å². The van der Waals surface area contributed by atoms with Gasteiger partial charge in [-0.2, -0.15) is 0 Å². The fraction of sp³-hybridized carbons (Fsp3) is 0.778. The number of hydrogen-bond donors (Lipinski definition) is 3. The van der Waals surface area contributed by atoms with Gasteiger partial charge in [-0.05, 0) is 19.0 Å². The molecule has 3 heteroatoms. The topological polar surface area (TPSA) is 36.1 Å². The molecule has 1 fully saturated rings. The maximum atomic E-state index is 3.22. The number of allylic oxidation sites excluding steroid dienone is 1. The summed E-state index contributed by atoms with van der Waals surface area (Å²) in [5, 5.41) is 9.55. The first-order valence-electron chi connectivity index (χ1n) is 4.80. The molecule has 12 heavy (non-hydrogen) atoms. The maximum absolute atomic E-state index is 3.22. The van der Waals surface area contributed by atoms with E-state index in [0.717, 1.165) is 32.7 Å². The molecular formula is C9H19N3. The first-order chi connectivity index (χ1) is 6.00. The van der Waals surface area contributed by atoms with E-state index in [0.29, 0.717) is 0 Å². The van der Waals surface area contributed by atoms with Gasteiger partial charge in [-0.3, -0.25) is 0 Å². The minimum atomic E-state index is 1.14. The lowest BCUT2D eigenvalue weighted by atomic mass is 10.2. The van der Waals surface area contributed by atoms with Crippen molar-refractivity contribution in [2.45, 2.75) is 12.8 Å². The third-order valence-electron chi connectivity index (χ3n) is 1.88. The van der Waals surface area contributed by atoms with E-state index >= 15 is 0 Å². The predicted octanol–water partition coefficient (Wildman–Crippen LogP) is 0.0627. The fourth-order valence-corrected chi connectivity index (χ4v) is 1.18. The second kappa shape index (κ2) is 7.13. The summed E-state index contributed by atoms with van der Waals surface area (Å²) in [5.41, 5.74) is 0. The van der Waals surface area contributed by atoms with Gasteiger partial charge < -0.3 is 16.0 Å². The molecule has 2 aliphatic rings. The Bertz CT molecular complexity index is 99.4. The van der Waals surface area contributed by atoms with Gasteiger partial charge in [0.25, 0.3) is 0 Å². The van der Waals surface area contributed by atoms with Crippen molar-refractivity contribution in [3.05, 3.63) is 12.3 Å². The second-order valence-corrected chi connectivity index (χ2v) is 3.00. The van der Waals surface area contributed by atoms with Crippen LogP contribution in [0.15, 0.2) is 12.3 Å². The summed E-state index contributed by atoms with van der Waals surface area (Å²) in [6, 6.07) is 0. The zero-order valence-electron chi connectivity index (χ0n) is 7.60. The summed E-state index contributed by atoms with van der Waals surface area (Å²) < 4.78 is 0. The Balaban J connectivity index is 0.000000120. The molecule has 0 amide bonds. The quantitative estimate of drug-likeness (QED) is 0.480. The molecule has 0 atom stereocenters. The Morgan fingerprint density at radius 2 is 1.50 bits per heavy atom. The zero-order chi connectivity index (χ0) is 8.49. The van der Waals surface area contributed by atoms with Crippen molar-refractivity contribution in [1.82, 2.24) is 16.0 Å². The van der Waals surface area contributed by atoms with Crippen LogP contribution in [0.25, 0.3) is 0 Å². The average Bonchev–Trinajstić information content (AvgIpc) is 2.24. The number of nitrogens with one attached hydrogen (secondary N) is 3. The van der Waals surface area contributed by atoms with Crippen molar-refractivity contribution in [2.75, 3.05) is 32.7 Å². The van der Waals surface area contributed by atoms with Crippen molar-refractivity contribution in [1.29, 1.82) is 0 Å². The van der Waals surface area contributed by atoms with E-state index in [1.165, 1.54) is 12.8 Å². The van der Waals surface area contributed by atoms with E-state index in [2.05, 4.69) is 22.0 Å². The standard InChI is InChI=1S/C5H9N.C4H10N2/c1-2-4-6-5-3-1;1-2-6-4-3-5-1/h2,4,6H,1,3,5H2;5-6H,1-4H2. The zero-order valence-corrected chi connectivity index (χ0v) is 7.60. The lowest BCUT2D eigenvalue weighted by Gasteiger charge is -2.11. The Hall–Kier alpha value is -0.540. The van der Waals surface area contributed by atoms with E-state index in [1.54, 1.807) is 0 Å². The van der Waals surface area contributed by atoms with Gasteiger partial charge >= 0.3 is 0 Å². The van der Waals surface area contributed by atoms with Gasteiger partial charge in [0.05, 0.1) is 0 Å². The third-order valence-corrected chi connectivity index (χ3v) is 1.88. The fourth-order valence-electron chi connectivity index (χ4n) is 1.18. The van der Waals surface area contributed by atoms with Crippen LogP contribution in [0.3, 0.4) is 0 Å². The van der Waals surface area contributed by atoms with Crippen LogP contribution >= 0.6 is 0 Å². The lowest BCUT2D eigenvalue weighted by molar-refractivity contribution is 0.534. The highest BCUT2D eigenvalue weighted by molar-refractivity contribution is 4.83. The lowest BCUT2D eigenvalue weighted by Crippen LogP contribution is -2.39. The van der Waals surface area contributed by atoms with Crippen molar-refractivity contribution < 1.29 is 0 Å². The van der Waals surface area contributed by atoms with Crippen LogP contribution in [0.1, 0.15) is 12.8 Å². The molecule has 0 aromatic rings. The molecule has 0 aromatic carbocycles. The Kier molecular flexibility index (Phi) is 5.67. The Morgan fingerprint density at radius 3 is 1.67 bits per heavy atom. The van der Waals surface area contributed by atoms with E-state index < -0.39 is 0 Å². The second-order valence-electron chi connectivity index (χ2n) is 3.00. The number of hydrogen-bond acceptors (Lipinski definition) is 3. The Morgan fingerprint density at radius 1 is 0.833 bits per heavy atom. The summed E-state index contributed by atoms with van der Waals surface area (Å²) in [6.45, 7) is 5.72. The summed E-state index contributed by atoms with van der Waals surface area (Å²) in [5.74, 6) is 0. The van der Waals surface area contributed by atoms with Crippen LogP contribution in [0.5, 0.6) is 0 Å². The molecule has 2 aliphatic heterocycles. The van der Waals surface area contributed by atoms with E-state index in [4.69, 9.17) is 0 Å². The molecule has 0 aromatic heterocycles. The van der Waals surface area contributed by atoms with Crippen LogP contribution in [0, 0.1) is 0 Å². The molecule has 0 aliphatic carbocycles. The van der Waals surface area contributed by atoms with Crippen molar-refractivity contribution in [3.63, 3.8) is 0 Å². The third kappa shape index (κ3) is 5.16. The summed E-state index contributed by atoms with van der Waals surface area (Å²) in [7, 11) is 0. The molecule has 3 N–H and O–H groups in total. The summed E-state index contributed by atoms with van der Waals surface area (Å²) >= 11 is 0. The van der Waals surface area contributed by atoms with Crippen LogP contribution in [0.2, 0.25) is 0 Å². The molecule has 0 saturated carbocycles. The van der Waals surface area contributed by atoms with E-state index in [1.807, 2.05) is 6.20 Å². The molecule has 3 nitrogen and oxygen atoms in total. The van der Waals surface area contributed by atoms with Gasteiger partial charge in [0.2, 0.25) is 0 Å². The minimum absolute atomic E-state index is 1.14. The van der Waals surface area contributed by atoms with Gasteiger partial charge in [-0.25, -0.2) is 0 Å². The van der Waals surface area contributed by atoms with Crippen LogP contribution in [0.4, 0.5) is 0 Å². The van der Waals surface area contributed by atoms with Gasteiger partial charge in [0, 0.05) is 32.7 Å². The van der Waals surface area contributed by atoms with Crippen molar-refractivity contribution in [3.8, 4) is 0 Å². The molecule has 1 saturated heterocycles. The highest BCUT2D eigenvalue weighted by atomic mass is 15.0. The van der Waals surface area contributed by atoms with Crippen LogP contribution in [-0.2, 0) is 0 Å². The first kappa shape index (κ1) is 9.55. The minimum Gasteiger partial charge on any atom is -0.391 e. The summed E-state index contributed by atoms with van der Waals surface area (Å²) in [6.07, 6.45) is 6.73. The molecule has 0 radical (unpaired) electrons. The maximum Gasteiger partial charge on any atom is 0.0144 e. The monoisotopic (exact) mass is 169 g/mol. The summed E-state index contributed by atoms with van der Waals surface area (Å²) in [4.78, 5) is 0. The molecule has 2 rings (SSSR count). The molecule has 0 unspecified atom stereocenters. The normalized spacial score (nSPS) is 22.0. The Labute approximate surface area is 74.6 Å². The van der Waals surface area contributed by atoms with E-state index in [9.17, 15) is 0 Å². The molecule has 0 bridgehead atoms. The smallest absolute Gasteiger partial charge is 0.0144 e. The largest absolute Gasteiger partial charge is 0.391 e. The molecular weight excluding hydrogens is 150 g/mol. The first-order valence-corrected chi connectivity index (χ1v) is 4.80. The predicted molar refractivity (Wildman–Crippen MR) is 52.1 cm³/mol. The van der Waals surface area contributed by atoms with E-state index in [-0.39, 0.29) is 0 Å². The highest BCUT2D eigenvalue weighted by Crippen LogP contribution is 1.91. The number of rotatable bonds is 0. The SMILES string of the molecule is C1=CNCCC1.C1CNCCN1. The van der Waals surface area contributed by atoms with Gasteiger partial charge in [-0.1, -0.05) is 6.08 Å². The van der Waals surface area contributed by atoms with Gasteiger partial charge in [0.15, 0.2) is 0 Å². The van der Waals surface area contributed by atoms with Crippen LogP contribution < -0.4 is 16.0 Å². The number of piperazine rings is 1. The van der Waals surface area contributed by atoms with Crippen molar-refractivity contribution in [2.24, 2.45) is 0 Å². The van der Waals surface area contributed by atoms with Gasteiger partial charge in [0.1, 0.15) is 0 Å². The average molecular weight is 169 g/mol. The molecule has 2 heterocycles. The van der Waals surface area contributed by atoms with Crippen LogP contribution in [-0.4, -0.2) is 32.7 Å².